The van der Waals surface area contributed by atoms with Crippen LogP contribution in [0.5, 0.6) is 5.75 Å². The second-order valence-corrected chi connectivity index (χ2v) is 5.63. The Hall–Kier alpha value is -1.81. The molecule has 0 atom stereocenters. The summed E-state index contributed by atoms with van der Waals surface area (Å²) in [6, 6.07) is 1.95. The summed E-state index contributed by atoms with van der Waals surface area (Å²) in [5.74, 6) is -0.162. The summed E-state index contributed by atoms with van der Waals surface area (Å²) in [6.07, 6.45) is 9.94. The lowest BCUT2D eigenvalue weighted by molar-refractivity contribution is 0.309. The van der Waals surface area contributed by atoms with E-state index in [0.717, 1.165) is 31.6 Å². The second-order valence-electron chi connectivity index (χ2n) is 5.63. The Morgan fingerprint density at radius 2 is 1.90 bits per heavy atom. The molecule has 4 heteroatoms. The van der Waals surface area contributed by atoms with E-state index in [0.29, 0.717) is 12.6 Å². The van der Waals surface area contributed by atoms with Gasteiger partial charge in [-0.3, -0.25) is 9.69 Å². The Morgan fingerprint density at radius 1 is 1.29 bits per heavy atom. The summed E-state index contributed by atoms with van der Waals surface area (Å²) in [5.41, 5.74) is 0.643. The molecule has 1 saturated carbocycles. The molecular weight excluding hydrogens is 264 g/mol. The van der Waals surface area contributed by atoms with Gasteiger partial charge < -0.3 is 9.67 Å². The van der Waals surface area contributed by atoms with Crippen molar-refractivity contribution in [2.45, 2.75) is 38.3 Å². The molecule has 0 radical (unpaired) electrons. The highest BCUT2D eigenvalue weighted by Gasteiger charge is 2.20. The average molecular weight is 288 g/mol. The maximum Gasteiger partial charge on any atom is 0.223 e. The summed E-state index contributed by atoms with van der Waals surface area (Å²) in [6.45, 7) is 9.68. The first kappa shape index (κ1) is 15.6. The van der Waals surface area contributed by atoms with Gasteiger partial charge in [0.1, 0.15) is 0 Å². The highest BCUT2D eigenvalue weighted by atomic mass is 16.3. The largest absolute Gasteiger partial charge is 0.503 e. The summed E-state index contributed by atoms with van der Waals surface area (Å²) in [4.78, 5) is 13.9. The first-order valence-corrected chi connectivity index (χ1v) is 7.54. The number of aromatic hydroxyl groups is 1. The fourth-order valence-electron chi connectivity index (χ4n) is 3.03. The van der Waals surface area contributed by atoms with Crippen molar-refractivity contribution in [3.05, 3.63) is 53.5 Å². The number of rotatable bonds is 7. The first-order valence-electron chi connectivity index (χ1n) is 7.54. The van der Waals surface area contributed by atoms with Crippen LogP contribution in [0.4, 0.5) is 0 Å². The molecule has 0 bridgehead atoms. The fraction of sp³-hybridized carbons (Fsp3) is 0.471. The van der Waals surface area contributed by atoms with Crippen molar-refractivity contribution < 1.29 is 5.11 Å². The molecule has 1 aliphatic rings. The van der Waals surface area contributed by atoms with Crippen LogP contribution in [0.1, 0.15) is 37.4 Å². The van der Waals surface area contributed by atoms with Gasteiger partial charge in [-0.05, 0) is 12.8 Å². The summed E-state index contributed by atoms with van der Waals surface area (Å²) in [5, 5.41) is 9.75. The predicted octanol–water partition coefficient (Wildman–Crippen LogP) is 2.84. The second kappa shape index (κ2) is 7.27. The Labute approximate surface area is 126 Å². The van der Waals surface area contributed by atoms with E-state index < -0.39 is 0 Å². The molecule has 0 unspecified atom stereocenters. The summed E-state index contributed by atoms with van der Waals surface area (Å²) >= 11 is 0. The zero-order valence-electron chi connectivity index (χ0n) is 12.5. The molecule has 1 aliphatic carbocycles. The lowest BCUT2D eigenvalue weighted by Gasteiger charge is -2.25. The third kappa shape index (κ3) is 3.85. The lowest BCUT2D eigenvalue weighted by atomic mass is 10.2. The zero-order chi connectivity index (χ0) is 15.2. The van der Waals surface area contributed by atoms with Gasteiger partial charge in [0.2, 0.25) is 5.43 Å². The van der Waals surface area contributed by atoms with Gasteiger partial charge in [0.25, 0.3) is 0 Å². The Morgan fingerprint density at radius 3 is 2.48 bits per heavy atom. The van der Waals surface area contributed by atoms with Crippen LogP contribution in [-0.4, -0.2) is 27.7 Å². The molecule has 4 nitrogen and oxygen atoms in total. The smallest absolute Gasteiger partial charge is 0.223 e. The van der Waals surface area contributed by atoms with Gasteiger partial charge in [-0.1, -0.05) is 25.0 Å². The highest BCUT2D eigenvalue weighted by molar-refractivity contribution is 5.21. The van der Waals surface area contributed by atoms with Crippen LogP contribution in [-0.2, 0) is 6.54 Å². The monoisotopic (exact) mass is 288 g/mol. The van der Waals surface area contributed by atoms with Crippen LogP contribution in [0.15, 0.2) is 42.4 Å². The molecule has 1 heterocycles. The van der Waals surface area contributed by atoms with Gasteiger partial charge in [0.05, 0.1) is 6.20 Å². The van der Waals surface area contributed by atoms with Crippen LogP contribution in [0.25, 0.3) is 0 Å². The van der Waals surface area contributed by atoms with Gasteiger partial charge in [0.15, 0.2) is 5.75 Å². The van der Waals surface area contributed by atoms with Gasteiger partial charge >= 0.3 is 0 Å². The summed E-state index contributed by atoms with van der Waals surface area (Å²) < 4.78 is 2.09. The SMILES string of the molecule is C=CCN(CC=C)Cc1cc(=O)c(O)cn1C1CCCC1. The van der Waals surface area contributed by atoms with Crippen LogP contribution >= 0.6 is 0 Å². The molecule has 0 spiro atoms. The maximum absolute atomic E-state index is 11.8. The minimum atomic E-state index is -0.309. The van der Waals surface area contributed by atoms with Gasteiger partial charge in [-0.2, -0.15) is 0 Å². The molecule has 21 heavy (non-hydrogen) atoms. The molecule has 1 aromatic rings. The van der Waals surface area contributed by atoms with E-state index in [1.807, 2.05) is 12.2 Å². The van der Waals surface area contributed by atoms with E-state index in [1.165, 1.54) is 12.8 Å². The lowest BCUT2D eigenvalue weighted by Crippen LogP contribution is -2.27. The average Bonchev–Trinajstić information content (AvgIpc) is 2.97. The minimum absolute atomic E-state index is 0.162. The molecule has 0 saturated heterocycles. The molecule has 1 fully saturated rings. The van der Waals surface area contributed by atoms with Crippen molar-refractivity contribution in [3.8, 4) is 5.75 Å². The number of aromatic nitrogens is 1. The fourth-order valence-corrected chi connectivity index (χ4v) is 3.03. The van der Waals surface area contributed by atoms with E-state index in [9.17, 15) is 9.90 Å². The standard InChI is InChI=1S/C17H24N2O2/c1-3-9-18(10-4-2)12-15-11-16(20)17(21)13-19(15)14-7-5-6-8-14/h3-4,11,13-14,21H,1-2,5-10,12H2. The van der Waals surface area contributed by atoms with Crippen molar-refractivity contribution in [1.82, 2.24) is 9.47 Å². The highest BCUT2D eigenvalue weighted by Crippen LogP contribution is 2.31. The predicted molar refractivity (Wildman–Crippen MR) is 85.5 cm³/mol. The van der Waals surface area contributed by atoms with Crippen molar-refractivity contribution in [1.29, 1.82) is 0 Å². The van der Waals surface area contributed by atoms with Crippen LogP contribution in [0.3, 0.4) is 0 Å². The van der Waals surface area contributed by atoms with Crippen LogP contribution in [0.2, 0.25) is 0 Å². The Bertz CT molecular complexity index is 546. The molecule has 1 aromatic heterocycles. The van der Waals surface area contributed by atoms with Gasteiger partial charge in [-0.15, -0.1) is 13.2 Å². The van der Waals surface area contributed by atoms with Crippen LogP contribution in [0, 0.1) is 0 Å². The third-order valence-electron chi connectivity index (χ3n) is 4.02. The summed E-state index contributed by atoms with van der Waals surface area (Å²) in [7, 11) is 0. The normalized spacial score (nSPS) is 15.5. The maximum atomic E-state index is 11.8. The molecule has 2 rings (SSSR count). The number of nitrogens with zero attached hydrogens (tertiary/aromatic N) is 2. The number of hydrogen-bond acceptors (Lipinski definition) is 3. The third-order valence-corrected chi connectivity index (χ3v) is 4.02. The van der Waals surface area contributed by atoms with Crippen molar-refractivity contribution in [3.63, 3.8) is 0 Å². The van der Waals surface area contributed by atoms with Crippen molar-refractivity contribution >= 4 is 0 Å². The zero-order valence-corrected chi connectivity index (χ0v) is 12.5. The molecule has 114 valence electrons. The molecule has 0 aromatic carbocycles. The molecule has 1 N–H and O–H groups in total. The Kier molecular flexibility index (Phi) is 5.39. The molecular formula is C17H24N2O2. The van der Waals surface area contributed by atoms with E-state index in [1.54, 1.807) is 12.3 Å². The number of pyridine rings is 1. The topological polar surface area (TPSA) is 45.5 Å². The molecule has 0 amide bonds. The Balaban J connectivity index is 2.30. The number of hydrogen-bond donors (Lipinski definition) is 1. The van der Waals surface area contributed by atoms with Crippen molar-refractivity contribution in [2.75, 3.05) is 13.1 Å². The van der Waals surface area contributed by atoms with Crippen molar-refractivity contribution in [2.24, 2.45) is 0 Å². The quantitative estimate of drug-likeness (QED) is 0.785. The van der Waals surface area contributed by atoms with E-state index in [-0.39, 0.29) is 11.2 Å². The van der Waals surface area contributed by atoms with Crippen LogP contribution < -0.4 is 5.43 Å². The van der Waals surface area contributed by atoms with E-state index in [2.05, 4.69) is 22.6 Å². The van der Waals surface area contributed by atoms with E-state index >= 15 is 0 Å². The minimum Gasteiger partial charge on any atom is -0.503 e. The molecule has 0 aliphatic heterocycles. The first-order chi connectivity index (χ1) is 10.2. The van der Waals surface area contributed by atoms with Gasteiger partial charge in [0, 0.05) is 37.4 Å². The van der Waals surface area contributed by atoms with E-state index in [4.69, 9.17) is 0 Å². The van der Waals surface area contributed by atoms with Gasteiger partial charge in [-0.25, -0.2) is 0 Å².